The van der Waals surface area contributed by atoms with Crippen LogP contribution in [0.2, 0.25) is 0 Å². The molecule has 1 unspecified atom stereocenters. The molecule has 0 rings (SSSR count). The predicted molar refractivity (Wildman–Crippen MR) is 223 cm³/mol. The first-order valence-corrected chi connectivity index (χ1v) is 28.1. The highest BCUT2D eigenvalue weighted by molar-refractivity contribution is 8.24. The second-order valence-corrected chi connectivity index (χ2v) is 24.1. The minimum absolute atomic E-state index is 0.0474. The third-order valence-electron chi connectivity index (χ3n) is 4.67. The van der Waals surface area contributed by atoms with Gasteiger partial charge in [-0.2, -0.15) is 58.8 Å². The summed E-state index contributed by atoms with van der Waals surface area (Å²) in [5.41, 5.74) is 0. The first-order chi connectivity index (χ1) is 22.0. The third kappa shape index (κ3) is 39.5. The molecule has 0 amide bonds. The van der Waals surface area contributed by atoms with Crippen molar-refractivity contribution < 1.29 is 33.9 Å². The van der Waals surface area contributed by atoms with Gasteiger partial charge in [-0.1, -0.05) is 34.7 Å². The summed E-state index contributed by atoms with van der Waals surface area (Å²) in [5.74, 6) is 7.99. The van der Waals surface area contributed by atoms with Crippen molar-refractivity contribution in [3.05, 3.63) is 0 Å². The number of carbonyl (C=O) groups excluding carboxylic acids is 3. The molecule has 2 N–H and O–H groups in total. The lowest BCUT2D eigenvalue weighted by molar-refractivity contribution is -0.144. The summed E-state index contributed by atoms with van der Waals surface area (Å²) in [4.78, 5) is 34.8. The molecule has 0 bridgehead atoms. The van der Waals surface area contributed by atoms with E-state index < -0.39 is 11.2 Å². The van der Waals surface area contributed by atoms with Crippen LogP contribution in [0.25, 0.3) is 0 Å². The van der Waals surface area contributed by atoms with Crippen molar-refractivity contribution in [3.8, 4) is 0 Å². The first-order valence-electron chi connectivity index (χ1n) is 14.2. The van der Waals surface area contributed by atoms with Crippen molar-refractivity contribution in [2.45, 2.75) is 25.7 Å². The lowest BCUT2D eigenvalue weighted by atomic mass is 10.5. The Balaban J connectivity index is 3.30. The van der Waals surface area contributed by atoms with Gasteiger partial charge < -0.3 is 19.5 Å². The maximum absolute atomic E-state index is 12.2. The Hall–Kier alpha value is 2.89. The normalized spacial score (nSPS) is 12.0. The Kier molecular flexibility index (Phi) is 42.2. The predicted octanol–water partition coefficient (Wildman–Crippen LogP) is 6.69. The number of hydrogen-bond acceptors (Lipinski definition) is 18. The smallest absolute Gasteiger partial charge is 0.306 e. The summed E-state index contributed by atoms with van der Waals surface area (Å²) in [6.07, 6.45) is 2.53. The summed E-state index contributed by atoms with van der Waals surface area (Å²) in [5, 5.41) is 23.7. The van der Waals surface area contributed by atoms with E-state index in [1.807, 2.05) is 70.6 Å². The number of carbonyl (C=O) groups is 3. The lowest BCUT2D eigenvalue weighted by Gasteiger charge is -2.10. The van der Waals surface area contributed by atoms with Crippen LogP contribution in [0.3, 0.4) is 0 Å². The summed E-state index contributed by atoms with van der Waals surface area (Å²) in [6.45, 7) is -0.00693. The largest absolute Gasteiger partial charge is 0.616 e. The standard InChI is InChI=1S/C26H48O7S12/c27-5-7-33-24(29)2-9-35-19-40-18-34-8-1-16-45(32)17-15-39-23-42-22-38-13-14-44-26(31)4-11-37-21-41-20-36-10-3-25(30)43-12-6-28/h27-28H,1-23H2. The van der Waals surface area contributed by atoms with Crippen LogP contribution in [-0.4, -0.2) is 139 Å². The molecule has 0 aromatic heterocycles. The Bertz CT molecular complexity index is 701. The number of thioether (sulfide) groups is 11. The molecule has 0 aromatic carbocycles. The number of rotatable bonds is 35. The Morgan fingerprint density at radius 2 is 1.02 bits per heavy atom. The van der Waals surface area contributed by atoms with E-state index in [1.54, 1.807) is 35.3 Å². The molecule has 0 aromatic rings. The molecule has 0 spiro atoms. The monoisotopic (exact) mass is 856 g/mol. The van der Waals surface area contributed by atoms with Gasteiger partial charge in [0.2, 0.25) is 0 Å². The highest BCUT2D eigenvalue weighted by Gasteiger charge is 2.07. The van der Waals surface area contributed by atoms with Crippen LogP contribution in [-0.2, 0) is 30.3 Å². The topological polar surface area (TPSA) is 124 Å². The molecule has 7 nitrogen and oxygen atoms in total. The van der Waals surface area contributed by atoms with Crippen molar-refractivity contribution in [3.63, 3.8) is 0 Å². The van der Waals surface area contributed by atoms with Crippen molar-refractivity contribution in [2.75, 3.05) is 108 Å². The van der Waals surface area contributed by atoms with Gasteiger partial charge in [0.25, 0.3) is 0 Å². The van der Waals surface area contributed by atoms with Crippen molar-refractivity contribution in [2.24, 2.45) is 0 Å². The van der Waals surface area contributed by atoms with Crippen LogP contribution in [0.1, 0.15) is 25.7 Å². The molecule has 19 heteroatoms. The Morgan fingerprint density at radius 1 is 0.533 bits per heavy atom. The molecule has 0 aliphatic carbocycles. The molecule has 0 aliphatic rings. The maximum Gasteiger partial charge on any atom is 0.306 e. The van der Waals surface area contributed by atoms with Gasteiger partial charge >= 0.3 is 5.97 Å². The second kappa shape index (κ2) is 39.7. The fourth-order valence-electron chi connectivity index (χ4n) is 2.60. The first kappa shape index (κ1) is 47.9. The molecule has 45 heavy (non-hydrogen) atoms. The minimum atomic E-state index is -0.738. The Morgan fingerprint density at radius 3 is 1.58 bits per heavy atom. The van der Waals surface area contributed by atoms with Gasteiger partial charge in [-0.05, 0) is 5.75 Å². The van der Waals surface area contributed by atoms with Gasteiger partial charge in [-0.15, -0.1) is 47.0 Å². The number of ether oxygens (including phenoxy) is 1. The molecule has 0 aliphatic heterocycles. The van der Waals surface area contributed by atoms with Crippen LogP contribution >= 0.6 is 129 Å². The highest BCUT2D eigenvalue weighted by Crippen LogP contribution is 2.23. The number of hydrogen-bond donors (Lipinski definition) is 2. The molecule has 1 atom stereocenters. The molecule has 266 valence electrons. The van der Waals surface area contributed by atoms with Crippen molar-refractivity contribution >= 4 is 157 Å². The van der Waals surface area contributed by atoms with Gasteiger partial charge in [0.15, 0.2) is 10.2 Å². The van der Waals surface area contributed by atoms with E-state index in [-0.39, 0.29) is 36.0 Å². The zero-order valence-electron chi connectivity index (χ0n) is 25.6. The van der Waals surface area contributed by atoms with Gasteiger partial charge in [-0.3, -0.25) is 14.4 Å². The molecule has 0 saturated carbocycles. The zero-order valence-corrected chi connectivity index (χ0v) is 35.4. The zero-order chi connectivity index (χ0) is 33.1. The number of aliphatic hydroxyl groups is 2. The minimum Gasteiger partial charge on any atom is -0.616 e. The van der Waals surface area contributed by atoms with Crippen LogP contribution in [0, 0.1) is 0 Å². The van der Waals surface area contributed by atoms with E-state index in [0.29, 0.717) is 25.0 Å². The summed E-state index contributed by atoms with van der Waals surface area (Å²) >= 11 is 18.4. The highest BCUT2D eigenvalue weighted by atomic mass is 32.2. The fraction of sp³-hybridized carbons (Fsp3) is 0.885. The van der Waals surface area contributed by atoms with Crippen LogP contribution in [0.15, 0.2) is 0 Å². The molecule has 0 fully saturated rings. The van der Waals surface area contributed by atoms with Gasteiger partial charge in [0.05, 0.1) is 19.6 Å². The van der Waals surface area contributed by atoms with Gasteiger partial charge in [0, 0.05) is 90.0 Å². The quantitative estimate of drug-likeness (QED) is 0.0304. The number of esters is 1. The third-order valence-corrected chi connectivity index (χ3v) is 19.5. The van der Waals surface area contributed by atoms with E-state index in [0.717, 1.165) is 88.7 Å². The van der Waals surface area contributed by atoms with E-state index in [4.69, 9.17) is 14.9 Å². The lowest BCUT2D eigenvalue weighted by Crippen LogP contribution is -2.13. The average molecular weight is 857 g/mol. The van der Waals surface area contributed by atoms with Crippen molar-refractivity contribution in [1.29, 1.82) is 0 Å². The van der Waals surface area contributed by atoms with Crippen LogP contribution in [0.4, 0.5) is 0 Å². The maximum atomic E-state index is 12.2. The molecule has 0 radical (unpaired) electrons. The van der Waals surface area contributed by atoms with E-state index in [1.165, 1.54) is 23.5 Å². The van der Waals surface area contributed by atoms with Crippen molar-refractivity contribution in [1.82, 2.24) is 0 Å². The van der Waals surface area contributed by atoms with E-state index >= 15 is 0 Å². The van der Waals surface area contributed by atoms with Gasteiger partial charge in [-0.25, -0.2) is 0 Å². The molecular weight excluding hydrogens is 809 g/mol. The van der Waals surface area contributed by atoms with Crippen LogP contribution < -0.4 is 0 Å². The fourth-order valence-corrected chi connectivity index (χ4v) is 16.4. The Labute approximate surface area is 320 Å². The average Bonchev–Trinajstić information content (AvgIpc) is 3.03. The molecule has 0 saturated heterocycles. The van der Waals surface area contributed by atoms with Crippen LogP contribution in [0.5, 0.6) is 0 Å². The molecule has 0 heterocycles. The second-order valence-electron chi connectivity index (χ2n) is 8.33. The van der Waals surface area contributed by atoms with E-state index in [2.05, 4.69) is 0 Å². The molecular formula is C26H48O7S12. The SMILES string of the molecule is O=C(CCSCSCSCCC[S+]([O-])CCSCSCSCCSC(=O)CCSCSCSCCC(=O)SCCO)OCCO. The summed E-state index contributed by atoms with van der Waals surface area (Å²) in [7, 11) is 0. The summed E-state index contributed by atoms with van der Waals surface area (Å²) in [6, 6.07) is 0. The number of aliphatic hydroxyl groups excluding tert-OH is 2. The van der Waals surface area contributed by atoms with Gasteiger partial charge in [0.1, 0.15) is 18.1 Å². The van der Waals surface area contributed by atoms with E-state index in [9.17, 15) is 18.9 Å². The summed E-state index contributed by atoms with van der Waals surface area (Å²) < 4.78 is 17.0.